The molecule has 0 radical (unpaired) electrons. The zero-order valence-corrected chi connectivity index (χ0v) is 18.0. The Morgan fingerprint density at radius 1 is 1.19 bits per heavy atom. The summed E-state index contributed by atoms with van der Waals surface area (Å²) in [5.41, 5.74) is 3.16. The van der Waals surface area contributed by atoms with Crippen LogP contribution in [0.15, 0.2) is 36.8 Å². The molecule has 0 amide bonds. The monoisotopic (exact) mass is 446 g/mol. The second-order valence-corrected chi connectivity index (χ2v) is 9.23. The van der Waals surface area contributed by atoms with Gasteiger partial charge in [0.2, 0.25) is 10.0 Å². The van der Waals surface area contributed by atoms with Gasteiger partial charge < -0.3 is 13.7 Å². The number of nitrogens with one attached hydrogen (secondary N) is 1. The highest BCUT2D eigenvalue weighted by Crippen LogP contribution is 2.28. The highest BCUT2D eigenvalue weighted by atomic mass is 32.2. The van der Waals surface area contributed by atoms with Gasteiger partial charge in [-0.05, 0) is 56.4 Å². The number of carbonyl (C=O) groups excluding carboxylic acids is 1. The lowest BCUT2D eigenvalue weighted by molar-refractivity contribution is -0.144. The SMILES string of the molecule is Cc1noc(C)c1S(=O)(=O)NCCC(=O)OCc1cc(=O)oc2cc3c(cc12)CCC3. The van der Waals surface area contributed by atoms with Crippen molar-refractivity contribution in [3.05, 3.63) is 56.8 Å². The molecule has 0 saturated heterocycles. The highest BCUT2D eigenvalue weighted by molar-refractivity contribution is 7.89. The van der Waals surface area contributed by atoms with E-state index in [9.17, 15) is 18.0 Å². The number of ether oxygens (including phenoxy) is 1. The van der Waals surface area contributed by atoms with Crippen molar-refractivity contribution in [3.63, 3.8) is 0 Å². The average molecular weight is 446 g/mol. The smallest absolute Gasteiger partial charge is 0.336 e. The molecule has 2 heterocycles. The number of esters is 1. The summed E-state index contributed by atoms with van der Waals surface area (Å²) in [6.45, 7) is 2.78. The Kier molecular flexibility index (Phi) is 5.67. The van der Waals surface area contributed by atoms with Crippen molar-refractivity contribution in [1.82, 2.24) is 9.88 Å². The van der Waals surface area contributed by atoms with E-state index in [2.05, 4.69) is 9.88 Å². The predicted octanol–water partition coefficient (Wildman–Crippen LogP) is 2.30. The number of fused-ring (bicyclic) bond motifs is 2. The molecule has 0 unspecified atom stereocenters. The maximum atomic E-state index is 12.4. The van der Waals surface area contributed by atoms with Crippen molar-refractivity contribution in [2.45, 2.75) is 51.0 Å². The molecule has 3 aromatic rings. The van der Waals surface area contributed by atoms with Crippen molar-refractivity contribution in [3.8, 4) is 0 Å². The first-order valence-electron chi connectivity index (χ1n) is 9.91. The third-order valence-corrected chi connectivity index (χ3v) is 6.99. The lowest BCUT2D eigenvalue weighted by atomic mass is 10.0. The molecule has 4 rings (SSSR count). The molecule has 1 aromatic carbocycles. The van der Waals surface area contributed by atoms with Crippen LogP contribution >= 0.6 is 0 Å². The number of rotatable bonds is 7. The molecule has 10 heteroatoms. The van der Waals surface area contributed by atoms with Gasteiger partial charge in [-0.3, -0.25) is 4.79 Å². The lowest BCUT2D eigenvalue weighted by Gasteiger charge is -2.09. The fourth-order valence-corrected chi connectivity index (χ4v) is 5.22. The summed E-state index contributed by atoms with van der Waals surface area (Å²) in [6.07, 6.45) is 2.81. The summed E-state index contributed by atoms with van der Waals surface area (Å²) in [6, 6.07) is 5.19. The fourth-order valence-electron chi connectivity index (χ4n) is 3.86. The van der Waals surface area contributed by atoms with Gasteiger partial charge in [0.1, 0.15) is 22.8 Å². The first-order chi connectivity index (χ1) is 14.7. The number of carbonyl (C=O) groups is 1. The fraction of sp³-hybridized carbons (Fsp3) is 0.381. The van der Waals surface area contributed by atoms with E-state index in [1.54, 1.807) is 0 Å². The minimum absolute atomic E-state index is 0.0316. The Hall–Kier alpha value is -2.98. The largest absolute Gasteiger partial charge is 0.461 e. The van der Waals surface area contributed by atoms with Crippen molar-refractivity contribution in [1.29, 1.82) is 0 Å². The van der Waals surface area contributed by atoms with E-state index in [1.165, 1.54) is 31.0 Å². The average Bonchev–Trinajstić information content (AvgIpc) is 3.29. The van der Waals surface area contributed by atoms with Crippen LogP contribution in [-0.2, 0) is 39.0 Å². The second-order valence-electron chi connectivity index (χ2n) is 7.52. The van der Waals surface area contributed by atoms with Crippen LogP contribution in [0.3, 0.4) is 0 Å². The molecule has 164 valence electrons. The Balaban J connectivity index is 1.39. The van der Waals surface area contributed by atoms with Crippen LogP contribution in [0.5, 0.6) is 0 Å². The third-order valence-electron chi connectivity index (χ3n) is 5.29. The van der Waals surface area contributed by atoms with Crippen LogP contribution < -0.4 is 10.3 Å². The summed E-state index contributed by atoms with van der Waals surface area (Å²) in [7, 11) is -3.85. The van der Waals surface area contributed by atoms with Gasteiger partial charge in [-0.25, -0.2) is 17.9 Å². The van der Waals surface area contributed by atoms with Crippen LogP contribution in [0.2, 0.25) is 0 Å². The number of hydrogen-bond acceptors (Lipinski definition) is 8. The number of sulfonamides is 1. The maximum Gasteiger partial charge on any atom is 0.336 e. The molecule has 0 bridgehead atoms. The van der Waals surface area contributed by atoms with E-state index in [1.807, 2.05) is 12.1 Å². The van der Waals surface area contributed by atoms with Gasteiger partial charge in [0.15, 0.2) is 5.76 Å². The van der Waals surface area contributed by atoms with E-state index in [-0.39, 0.29) is 35.9 Å². The Morgan fingerprint density at radius 3 is 2.65 bits per heavy atom. The van der Waals surface area contributed by atoms with Gasteiger partial charge in [-0.2, -0.15) is 0 Å². The Labute approximate surface area is 178 Å². The molecule has 0 aliphatic heterocycles. The number of nitrogens with zero attached hydrogens (tertiary/aromatic N) is 1. The van der Waals surface area contributed by atoms with Crippen LogP contribution in [0.25, 0.3) is 11.0 Å². The molecule has 1 aliphatic rings. The van der Waals surface area contributed by atoms with Crippen LogP contribution in [0.1, 0.15) is 41.0 Å². The van der Waals surface area contributed by atoms with E-state index in [0.29, 0.717) is 11.1 Å². The summed E-state index contributed by atoms with van der Waals surface area (Å²) in [4.78, 5) is 24.0. The molecule has 1 N–H and O–H groups in total. The summed E-state index contributed by atoms with van der Waals surface area (Å²) < 4.78 is 42.5. The van der Waals surface area contributed by atoms with Gasteiger partial charge in [-0.1, -0.05) is 5.16 Å². The standard InChI is InChI=1S/C21H22N2O7S/c1-12-21(13(2)30-23-12)31(26,27)22-7-6-19(24)28-11-16-10-20(25)29-18-9-15-5-3-4-14(15)8-17(16)18/h8-10,22H,3-7,11H2,1-2H3. The van der Waals surface area contributed by atoms with Gasteiger partial charge in [-0.15, -0.1) is 0 Å². The number of hydrogen-bond donors (Lipinski definition) is 1. The molecular weight excluding hydrogens is 424 g/mol. The van der Waals surface area contributed by atoms with Crippen molar-refractivity contribution in [2.75, 3.05) is 6.54 Å². The molecule has 2 aromatic heterocycles. The van der Waals surface area contributed by atoms with E-state index in [0.717, 1.165) is 24.6 Å². The zero-order valence-electron chi connectivity index (χ0n) is 17.2. The zero-order chi connectivity index (χ0) is 22.2. The molecule has 1 aliphatic carbocycles. The predicted molar refractivity (Wildman–Crippen MR) is 110 cm³/mol. The quantitative estimate of drug-likeness (QED) is 0.432. The lowest BCUT2D eigenvalue weighted by Crippen LogP contribution is -2.27. The minimum atomic E-state index is -3.85. The first kappa shape index (κ1) is 21.3. The molecule has 0 spiro atoms. The highest BCUT2D eigenvalue weighted by Gasteiger charge is 2.24. The van der Waals surface area contributed by atoms with E-state index < -0.39 is 21.6 Å². The number of benzene rings is 1. The Bertz CT molecular complexity index is 1300. The van der Waals surface area contributed by atoms with Gasteiger partial charge in [0, 0.05) is 23.6 Å². The topological polar surface area (TPSA) is 129 Å². The summed E-state index contributed by atoms with van der Waals surface area (Å²) in [5.74, 6) is -0.419. The molecule has 31 heavy (non-hydrogen) atoms. The van der Waals surface area contributed by atoms with Gasteiger partial charge >= 0.3 is 11.6 Å². The maximum absolute atomic E-state index is 12.4. The summed E-state index contributed by atoms with van der Waals surface area (Å²) >= 11 is 0. The van der Waals surface area contributed by atoms with Crippen LogP contribution in [0, 0.1) is 13.8 Å². The number of aromatic nitrogens is 1. The van der Waals surface area contributed by atoms with Gasteiger partial charge in [0.05, 0.1) is 6.42 Å². The van der Waals surface area contributed by atoms with Gasteiger partial charge in [0.25, 0.3) is 0 Å². The van der Waals surface area contributed by atoms with Crippen molar-refractivity contribution >= 4 is 27.0 Å². The Morgan fingerprint density at radius 2 is 1.94 bits per heavy atom. The van der Waals surface area contributed by atoms with Crippen LogP contribution in [-0.4, -0.2) is 26.1 Å². The van der Waals surface area contributed by atoms with E-state index in [4.69, 9.17) is 13.7 Å². The summed E-state index contributed by atoms with van der Waals surface area (Å²) in [5, 5.41) is 4.37. The normalized spacial score (nSPS) is 13.5. The number of aryl methyl sites for hydroxylation is 4. The minimum Gasteiger partial charge on any atom is -0.461 e. The second kappa shape index (κ2) is 8.27. The molecule has 0 fully saturated rings. The van der Waals surface area contributed by atoms with E-state index >= 15 is 0 Å². The van der Waals surface area contributed by atoms with Crippen molar-refractivity contribution in [2.24, 2.45) is 0 Å². The third kappa shape index (κ3) is 4.40. The molecule has 9 nitrogen and oxygen atoms in total. The molecule has 0 saturated carbocycles. The van der Waals surface area contributed by atoms with Crippen LogP contribution in [0.4, 0.5) is 0 Å². The molecular formula is C21H22N2O7S. The van der Waals surface area contributed by atoms with Crippen molar-refractivity contribution < 1.29 is 26.9 Å². The molecule has 0 atom stereocenters. The first-order valence-corrected chi connectivity index (χ1v) is 11.4.